The van der Waals surface area contributed by atoms with Gasteiger partial charge in [0.1, 0.15) is 0 Å². The van der Waals surface area contributed by atoms with Gasteiger partial charge in [0.25, 0.3) is 17.7 Å². The van der Waals surface area contributed by atoms with Gasteiger partial charge in [0.2, 0.25) is 0 Å². The van der Waals surface area contributed by atoms with Crippen molar-refractivity contribution < 1.29 is 19.5 Å². The first-order chi connectivity index (χ1) is 11.8. The van der Waals surface area contributed by atoms with Gasteiger partial charge in [0, 0.05) is 24.3 Å². The van der Waals surface area contributed by atoms with Crippen LogP contribution in [0.5, 0.6) is 0 Å². The third-order valence-electron chi connectivity index (χ3n) is 4.19. The van der Waals surface area contributed by atoms with Crippen LogP contribution in [-0.4, -0.2) is 46.4 Å². The Hall–Kier alpha value is -2.21. The van der Waals surface area contributed by atoms with E-state index in [0.29, 0.717) is 17.7 Å². The van der Waals surface area contributed by atoms with Gasteiger partial charge in [0.15, 0.2) is 0 Å². The lowest BCUT2D eigenvalue weighted by atomic mass is 10.1. The number of nitrogens with zero attached hydrogens (tertiary/aromatic N) is 1. The number of carbonyl (C=O) groups excluding carboxylic acids is 3. The monoisotopic (exact) mass is 346 g/mol. The third kappa shape index (κ3) is 4.25. The van der Waals surface area contributed by atoms with Crippen molar-refractivity contribution in [3.05, 3.63) is 34.9 Å². The molecule has 3 amide bonds. The van der Waals surface area contributed by atoms with Crippen LogP contribution in [0, 0.1) is 0 Å². The van der Waals surface area contributed by atoms with Gasteiger partial charge in [-0.15, -0.1) is 0 Å². The fourth-order valence-corrected chi connectivity index (χ4v) is 2.89. The molecule has 0 unspecified atom stereocenters. The van der Waals surface area contributed by atoms with Crippen LogP contribution >= 0.6 is 0 Å². The van der Waals surface area contributed by atoms with Gasteiger partial charge in [0.05, 0.1) is 11.1 Å². The van der Waals surface area contributed by atoms with Crippen LogP contribution in [0.25, 0.3) is 0 Å². The molecule has 0 aromatic heterocycles. The minimum atomic E-state index is -0.607. The highest BCUT2D eigenvalue weighted by atomic mass is 16.3. The third-order valence-corrected chi connectivity index (χ3v) is 4.19. The van der Waals surface area contributed by atoms with Crippen LogP contribution < -0.4 is 5.32 Å². The zero-order valence-electron chi connectivity index (χ0n) is 15.1. The Kier molecular flexibility index (Phi) is 5.95. The van der Waals surface area contributed by atoms with Gasteiger partial charge in [-0.25, -0.2) is 0 Å². The van der Waals surface area contributed by atoms with Crippen molar-refractivity contribution in [2.45, 2.75) is 52.0 Å². The van der Waals surface area contributed by atoms with E-state index in [0.717, 1.165) is 25.7 Å². The first-order valence-corrected chi connectivity index (χ1v) is 8.69. The number of fused-ring (bicyclic) bond motifs is 1. The first-order valence-electron chi connectivity index (χ1n) is 8.69. The van der Waals surface area contributed by atoms with Crippen LogP contribution in [0.1, 0.15) is 77.5 Å². The van der Waals surface area contributed by atoms with Gasteiger partial charge in [-0.05, 0) is 51.8 Å². The lowest BCUT2D eigenvalue weighted by molar-refractivity contribution is 0.0507. The van der Waals surface area contributed by atoms with E-state index in [1.165, 1.54) is 11.0 Å². The summed E-state index contributed by atoms with van der Waals surface area (Å²) in [7, 11) is 0. The molecule has 0 aliphatic carbocycles. The van der Waals surface area contributed by atoms with E-state index in [1.807, 2.05) is 0 Å². The van der Waals surface area contributed by atoms with Gasteiger partial charge < -0.3 is 10.4 Å². The van der Waals surface area contributed by atoms with E-state index in [1.54, 1.807) is 32.9 Å². The number of hydrogen-bond donors (Lipinski definition) is 2. The molecule has 0 saturated carbocycles. The van der Waals surface area contributed by atoms with Crippen LogP contribution in [0.4, 0.5) is 0 Å². The summed E-state index contributed by atoms with van der Waals surface area (Å²) in [5, 5.41) is 11.5. The second-order valence-electron chi connectivity index (χ2n) is 7.27. The zero-order valence-corrected chi connectivity index (χ0v) is 15.1. The predicted molar refractivity (Wildman–Crippen MR) is 94.6 cm³/mol. The van der Waals surface area contributed by atoms with E-state index in [4.69, 9.17) is 5.11 Å². The summed E-state index contributed by atoms with van der Waals surface area (Å²) in [4.78, 5) is 38.4. The Balaban J connectivity index is 2.03. The number of nitrogens with one attached hydrogen (secondary N) is 1. The number of hydrogen-bond acceptors (Lipinski definition) is 4. The molecule has 25 heavy (non-hydrogen) atoms. The molecule has 1 aromatic carbocycles. The van der Waals surface area contributed by atoms with Gasteiger partial charge in [-0.1, -0.05) is 12.8 Å². The molecular formula is C19H26N2O4. The summed E-state index contributed by atoms with van der Waals surface area (Å²) in [5.74, 6) is -0.922. The van der Waals surface area contributed by atoms with Crippen molar-refractivity contribution in [1.29, 1.82) is 0 Å². The Morgan fingerprint density at radius 1 is 1.04 bits per heavy atom. The normalized spacial score (nSPS) is 14.0. The van der Waals surface area contributed by atoms with E-state index in [9.17, 15) is 14.4 Å². The van der Waals surface area contributed by atoms with Crippen molar-refractivity contribution in [3.63, 3.8) is 0 Å². The highest BCUT2D eigenvalue weighted by Crippen LogP contribution is 2.29. The standard InChI is InChI=1S/C19H26N2O4/c1-19(2,3)21-17(24)14-9-8-13(12-15(14)18(21)25)16(23)20-10-6-4-5-7-11-22/h8-9,12,22H,4-7,10-11H2,1-3H3,(H,20,23). The Morgan fingerprint density at radius 3 is 2.32 bits per heavy atom. The molecule has 1 aliphatic heterocycles. The number of carbonyl (C=O) groups is 3. The molecule has 0 radical (unpaired) electrons. The largest absolute Gasteiger partial charge is 0.396 e. The second kappa shape index (κ2) is 7.78. The van der Waals surface area contributed by atoms with E-state index < -0.39 is 5.54 Å². The Bertz CT molecular complexity index is 676. The van der Waals surface area contributed by atoms with Crippen molar-refractivity contribution in [2.24, 2.45) is 0 Å². The molecule has 6 heteroatoms. The van der Waals surface area contributed by atoms with Crippen molar-refractivity contribution >= 4 is 17.7 Å². The Labute approximate surface area is 148 Å². The molecule has 136 valence electrons. The lowest BCUT2D eigenvalue weighted by Gasteiger charge is -2.29. The Morgan fingerprint density at radius 2 is 1.68 bits per heavy atom. The number of amides is 3. The zero-order chi connectivity index (χ0) is 18.6. The van der Waals surface area contributed by atoms with Gasteiger partial charge in [-0.3, -0.25) is 19.3 Å². The summed E-state index contributed by atoms with van der Waals surface area (Å²) in [5.41, 5.74) is 0.409. The van der Waals surface area contributed by atoms with Crippen molar-refractivity contribution in [2.75, 3.05) is 13.2 Å². The fraction of sp³-hybridized carbons (Fsp3) is 0.526. The molecule has 0 spiro atoms. The minimum absolute atomic E-state index is 0.194. The number of aliphatic hydroxyl groups excluding tert-OH is 1. The molecule has 1 aliphatic rings. The number of imide groups is 1. The lowest BCUT2D eigenvalue weighted by Crippen LogP contribution is -2.45. The molecule has 2 rings (SSSR count). The van der Waals surface area contributed by atoms with E-state index in [-0.39, 0.29) is 29.9 Å². The van der Waals surface area contributed by atoms with Crippen LogP contribution in [0.2, 0.25) is 0 Å². The average Bonchev–Trinajstić information content (AvgIpc) is 2.81. The first kappa shape index (κ1) is 19.1. The molecule has 2 N–H and O–H groups in total. The fourth-order valence-electron chi connectivity index (χ4n) is 2.89. The summed E-state index contributed by atoms with van der Waals surface area (Å²) in [6, 6.07) is 4.64. The summed E-state index contributed by atoms with van der Waals surface area (Å²) in [6.45, 7) is 6.15. The molecule has 1 aromatic rings. The van der Waals surface area contributed by atoms with Gasteiger partial charge >= 0.3 is 0 Å². The highest BCUT2D eigenvalue weighted by molar-refractivity contribution is 6.22. The molecular weight excluding hydrogens is 320 g/mol. The SMILES string of the molecule is CC(C)(C)N1C(=O)c2ccc(C(=O)NCCCCCCO)cc2C1=O. The molecule has 0 bridgehead atoms. The summed E-state index contributed by atoms with van der Waals surface area (Å²) >= 11 is 0. The van der Waals surface area contributed by atoms with Crippen LogP contribution in [0.15, 0.2) is 18.2 Å². The van der Waals surface area contributed by atoms with Crippen LogP contribution in [-0.2, 0) is 0 Å². The summed E-state index contributed by atoms with van der Waals surface area (Å²) < 4.78 is 0. The molecule has 0 saturated heterocycles. The highest BCUT2D eigenvalue weighted by Gasteiger charge is 2.42. The second-order valence-corrected chi connectivity index (χ2v) is 7.27. The molecule has 6 nitrogen and oxygen atoms in total. The maximum absolute atomic E-state index is 12.5. The van der Waals surface area contributed by atoms with Crippen LogP contribution in [0.3, 0.4) is 0 Å². The molecule has 0 atom stereocenters. The molecule has 1 heterocycles. The maximum Gasteiger partial charge on any atom is 0.262 e. The molecule has 0 fully saturated rings. The van der Waals surface area contributed by atoms with Crippen molar-refractivity contribution in [1.82, 2.24) is 10.2 Å². The van der Waals surface area contributed by atoms with Crippen molar-refractivity contribution in [3.8, 4) is 0 Å². The predicted octanol–water partition coefficient (Wildman–Crippen LogP) is 2.36. The van der Waals surface area contributed by atoms with E-state index >= 15 is 0 Å². The number of benzene rings is 1. The minimum Gasteiger partial charge on any atom is -0.396 e. The van der Waals surface area contributed by atoms with Gasteiger partial charge in [-0.2, -0.15) is 0 Å². The number of rotatable bonds is 7. The number of aliphatic hydroxyl groups is 1. The smallest absolute Gasteiger partial charge is 0.262 e. The summed E-state index contributed by atoms with van der Waals surface area (Å²) in [6.07, 6.45) is 3.49. The quantitative estimate of drug-likeness (QED) is 0.586. The maximum atomic E-state index is 12.5. The van der Waals surface area contributed by atoms with E-state index in [2.05, 4.69) is 5.32 Å². The topological polar surface area (TPSA) is 86.7 Å². The number of unbranched alkanes of at least 4 members (excludes halogenated alkanes) is 3. The average molecular weight is 346 g/mol.